The van der Waals surface area contributed by atoms with Crippen molar-refractivity contribution in [3.63, 3.8) is 0 Å². The molecule has 0 radical (unpaired) electrons. The van der Waals surface area contributed by atoms with E-state index in [-0.39, 0.29) is 19.8 Å². The molecule has 9 nitrogen and oxygen atoms in total. The molecule has 2 aromatic carbocycles. The molecule has 16 heteroatoms. The van der Waals surface area contributed by atoms with E-state index in [1.165, 1.54) is 13.8 Å². The minimum absolute atomic E-state index is 0.0232. The second-order valence-electron chi connectivity index (χ2n) is 10.1. The molecule has 0 spiro atoms. The molecule has 1 aliphatic heterocycles. The number of benzene rings is 2. The van der Waals surface area contributed by atoms with Crippen LogP contribution in [0.15, 0.2) is 60.7 Å². The van der Waals surface area contributed by atoms with E-state index in [4.69, 9.17) is 98.0 Å². The number of nitrogens with one attached hydrogen (secondary N) is 1. The lowest BCUT2D eigenvalue weighted by molar-refractivity contribution is -0.204. The third kappa shape index (κ3) is 12.0. The highest BCUT2D eigenvalue weighted by atomic mass is 79.9. The van der Waals surface area contributed by atoms with Crippen LogP contribution in [0.2, 0.25) is 0 Å². The Morgan fingerprint density at radius 3 is 2.00 bits per heavy atom. The molecular formula is C28H30BrCl6NO8. The molecule has 44 heavy (non-hydrogen) atoms. The fourth-order valence-electron chi connectivity index (χ4n) is 3.88. The maximum absolute atomic E-state index is 13.1. The third-order valence-corrected chi connectivity index (χ3v) is 8.69. The van der Waals surface area contributed by atoms with Crippen molar-refractivity contribution in [3.05, 3.63) is 71.8 Å². The van der Waals surface area contributed by atoms with Crippen LogP contribution in [0.4, 0.5) is 9.59 Å². The summed E-state index contributed by atoms with van der Waals surface area (Å²) in [6.45, 7) is 2.62. The molecule has 244 valence electrons. The van der Waals surface area contributed by atoms with Crippen LogP contribution in [0, 0.1) is 0 Å². The largest absolute Gasteiger partial charge is 0.509 e. The van der Waals surface area contributed by atoms with Crippen LogP contribution in [-0.4, -0.2) is 68.0 Å². The summed E-state index contributed by atoms with van der Waals surface area (Å²) < 4.78 is 30.7. The molecule has 1 unspecified atom stereocenters. The van der Waals surface area contributed by atoms with Gasteiger partial charge in [0.25, 0.3) is 0 Å². The number of halogens is 7. The highest BCUT2D eigenvalue weighted by molar-refractivity contribution is 9.09. The van der Waals surface area contributed by atoms with Crippen molar-refractivity contribution in [3.8, 4) is 0 Å². The minimum atomic E-state index is -1.99. The molecule has 1 N–H and O–H groups in total. The monoisotopic (exact) mass is 797 g/mol. The summed E-state index contributed by atoms with van der Waals surface area (Å²) in [6.07, 6.45) is -5.26. The van der Waals surface area contributed by atoms with Gasteiger partial charge in [0.05, 0.1) is 19.8 Å². The van der Waals surface area contributed by atoms with Crippen molar-refractivity contribution in [1.82, 2.24) is 5.32 Å². The smallest absolute Gasteiger partial charge is 0.445 e. The van der Waals surface area contributed by atoms with Gasteiger partial charge in [0.15, 0.2) is 11.7 Å². The van der Waals surface area contributed by atoms with Gasteiger partial charge in [0.1, 0.15) is 29.9 Å². The van der Waals surface area contributed by atoms with Gasteiger partial charge in [0, 0.05) is 0 Å². The van der Waals surface area contributed by atoms with Gasteiger partial charge >= 0.3 is 12.2 Å². The predicted molar refractivity (Wildman–Crippen MR) is 173 cm³/mol. The van der Waals surface area contributed by atoms with E-state index in [9.17, 15) is 9.59 Å². The summed E-state index contributed by atoms with van der Waals surface area (Å²) in [5.74, 6) is 0. The first-order chi connectivity index (χ1) is 20.6. The van der Waals surface area contributed by atoms with Crippen LogP contribution < -0.4 is 5.32 Å². The highest BCUT2D eigenvalue weighted by Crippen LogP contribution is 2.41. The number of amides is 1. The van der Waals surface area contributed by atoms with Crippen molar-refractivity contribution in [1.29, 1.82) is 0 Å². The molecule has 0 saturated carbocycles. The maximum atomic E-state index is 13.1. The lowest BCUT2D eigenvalue weighted by Crippen LogP contribution is -2.64. The molecule has 0 aliphatic carbocycles. The Hall–Kier alpha value is -0.920. The third-order valence-electron chi connectivity index (χ3n) is 6.22. The van der Waals surface area contributed by atoms with Crippen LogP contribution in [0.1, 0.15) is 25.0 Å². The van der Waals surface area contributed by atoms with Gasteiger partial charge in [0.2, 0.25) is 7.59 Å². The summed E-state index contributed by atoms with van der Waals surface area (Å²) in [5.41, 5.74) is 0.156. The number of hydrogen-bond donors (Lipinski definition) is 1. The van der Waals surface area contributed by atoms with Crippen LogP contribution in [0.5, 0.6) is 0 Å². The van der Waals surface area contributed by atoms with E-state index in [2.05, 4.69) is 21.2 Å². The average Bonchev–Trinajstić information content (AvgIpc) is 2.93. The van der Waals surface area contributed by atoms with Crippen molar-refractivity contribution in [2.24, 2.45) is 0 Å². The van der Waals surface area contributed by atoms with Crippen molar-refractivity contribution in [2.45, 2.75) is 69.6 Å². The zero-order valence-corrected chi connectivity index (χ0v) is 29.5. The lowest BCUT2D eigenvalue weighted by Gasteiger charge is -2.44. The van der Waals surface area contributed by atoms with Gasteiger partial charge in [-0.05, 0) is 25.0 Å². The van der Waals surface area contributed by atoms with Crippen molar-refractivity contribution >= 4 is 97.8 Å². The number of alkyl carbamates (subject to hydrolysis) is 1. The van der Waals surface area contributed by atoms with E-state index in [1.807, 2.05) is 60.7 Å². The Morgan fingerprint density at radius 1 is 0.886 bits per heavy atom. The molecule has 1 amide bonds. The average molecular weight is 801 g/mol. The molecule has 3 rings (SSSR count). The second-order valence-corrected chi connectivity index (χ2v) is 15.8. The Kier molecular flexibility index (Phi) is 14.3. The summed E-state index contributed by atoms with van der Waals surface area (Å²) in [7, 11) is 0. The van der Waals surface area contributed by atoms with Crippen LogP contribution in [0.3, 0.4) is 0 Å². The van der Waals surface area contributed by atoms with Gasteiger partial charge in [-0.1, -0.05) is 146 Å². The Morgan fingerprint density at radius 2 is 1.45 bits per heavy atom. The van der Waals surface area contributed by atoms with E-state index in [0.717, 1.165) is 11.1 Å². The molecule has 5 atom stereocenters. The zero-order chi connectivity index (χ0) is 32.5. The standard InChI is InChI=1S/C28H30BrCl6NO8/c1-26(2,28(33,34)35)44-25(38)43-22-20(36-24(37)41-16-27(30,31)32)23(29)42-19(15-39-13-17-9-5-3-6-10-17)21(22)40-14-18-11-7-4-8-12-18/h3-12,19-23H,13-16H2,1-2H3,(H,36,37)/t19-,20-,21-,22-,23?/m1/s1. The van der Waals surface area contributed by atoms with Crippen molar-refractivity contribution in [2.75, 3.05) is 13.2 Å². The van der Waals surface area contributed by atoms with Crippen molar-refractivity contribution < 1.29 is 38.0 Å². The first kappa shape index (κ1) is 37.5. The number of carbonyl (C=O) groups excluding carboxylic acids is 2. The van der Waals surface area contributed by atoms with E-state index in [1.54, 1.807) is 0 Å². The summed E-state index contributed by atoms with van der Waals surface area (Å²) >= 11 is 38.6. The zero-order valence-electron chi connectivity index (χ0n) is 23.4. The van der Waals surface area contributed by atoms with Gasteiger partial charge in [-0.15, -0.1) is 0 Å². The SMILES string of the molecule is CC(C)(OC(=O)O[C@H]1[C@H](OCc2ccccc2)[C@@H](COCc2ccccc2)OC(Br)[C@@H]1NC(=O)OCC(Cl)(Cl)Cl)C(Cl)(Cl)Cl. The quantitative estimate of drug-likeness (QED) is 0.180. The summed E-state index contributed by atoms with van der Waals surface area (Å²) in [4.78, 5) is 25.9. The molecule has 0 aromatic heterocycles. The number of alkyl halides is 7. The number of hydrogen-bond acceptors (Lipinski definition) is 8. The fraction of sp³-hybridized carbons (Fsp3) is 0.500. The van der Waals surface area contributed by atoms with Crippen LogP contribution >= 0.6 is 85.5 Å². The Labute approximate surface area is 294 Å². The van der Waals surface area contributed by atoms with E-state index in [0.29, 0.717) is 0 Å². The van der Waals surface area contributed by atoms with Crippen LogP contribution in [-0.2, 0) is 41.6 Å². The molecule has 1 fully saturated rings. The molecule has 2 aromatic rings. The molecule has 0 bridgehead atoms. The van der Waals surface area contributed by atoms with Gasteiger partial charge in [-0.2, -0.15) is 0 Å². The minimum Gasteiger partial charge on any atom is -0.445 e. The first-order valence-corrected chi connectivity index (χ1v) is 16.3. The molecule has 1 aliphatic rings. The first-order valence-electron chi connectivity index (χ1n) is 13.1. The van der Waals surface area contributed by atoms with E-state index < -0.39 is 61.4 Å². The number of carbonyl (C=O) groups is 2. The summed E-state index contributed by atoms with van der Waals surface area (Å²) in [5, 5.41) is 1.64. The van der Waals surface area contributed by atoms with Gasteiger partial charge < -0.3 is 33.7 Å². The number of rotatable bonds is 11. The normalized spacial score (nSPS) is 22.6. The van der Waals surface area contributed by atoms with E-state index >= 15 is 0 Å². The molecule has 1 heterocycles. The number of ether oxygens (including phenoxy) is 6. The topological polar surface area (TPSA) is 102 Å². The summed E-state index contributed by atoms with van der Waals surface area (Å²) in [6, 6.07) is 17.7. The Bertz CT molecular complexity index is 1200. The van der Waals surface area contributed by atoms with Crippen LogP contribution in [0.25, 0.3) is 0 Å². The highest BCUT2D eigenvalue weighted by Gasteiger charge is 2.51. The maximum Gasteiger partial charge on any atom is 0.509 e. The van der Waals surface area contributed by atoms with Gasteiger partial charge in [-0.3, -0.25) is 0 Å². The molecular weight excluding hydrogens is 771 g/mol. The fourth-order valence-corrected chi connectivity index (χ4v) is 4.87. The second kappa shape index (κ2) is 16.8. The van der Waals surface area contributed by atoms with Gasteiger partial charge in [-0.25, -0.2) is 9.59 Å². The lowest BCUT2D eigenvalue weighted by atomic mass is 9.97. The molecule has 1 saturated heterocycles. The Balaban J connectivity index is 1.89. The predicted octanol–water partition coefficient (Wildman–Crippen LogP) is 8.04.